The minimum absolute atomic E-state index is 0.0165. The van der Waals surface area contributed by atoms with Gasteiger partial charge < -0.3 is 0 Å². The van der Waals surface area contributed by atoms with Crippen LogP contribution in [0.3, 0.4) is 0 Å². The maximum atomic E-state index is 12.7. The topological polar surface area (TPSA) is 75.6 Å². The average Bonchev–Trinajstić information content (AvgIpc) is 3.13. The van der Waals surface area contributed by atoms with Crippen LogP contribution in [0.2, 0.25) is 0 Å². The molecule has 3 fully saturated rings. The molecule has 4 rings (SSSR count). The summed E-state index contributed by atoms with van der Waals surface area (Å²) in [7, 11) is -3.68. The number of Topliss-reactive ketones (excluding diaryl/α,β-unsaturated/α-hetero) is 1. The van der Waals surface area contributed by atoms with Crippen molar-refractivity contribution in [1.82, 2.24) is 4.83 Å². The highest BCUT2D eigenvalue weighted by Crippen LogP contribution is 2.65. The van der Waals surface area contributed by atoms with Gasteiger partial charge in [-0.05, 0) is 55.6 Å². The molecule has 170 valence electrons. The van der Waals surface area contributed by atoms with Crippen LogP contribution in [0.25, 0.3) is 0 Å². The van der Waals surface area contributed by atoms with Gasteiger partial charge in [-0.2, -0.15) is 13.5 Å². The largest absolute Gasteiger partial charge is 0.300 e. The van der Waals surface area contributed by atoms with E-state index in [0.717, 1.165) is 49.8 Å². The van der Waals surface area contributed by atoms with Crippen molar-refractivity contribution in [3.05, 3.63) is 29.8 Å². The van der Waals surface area contributed by atoms with Gasteiger partial charge in [-0.25, -0.2) is 4.83 Å². The molecule has 31 heavy (non-hydrogen) atoms. The highest BCUT2D eigenvalue weighted by atomic mass is 32.2. The Hall–Kier alpha value is -1.69. The first-order valence-corrected chi connectivity index (χ1v) is 13.5. The third kappa shape index (κ3) is 4.74. The molecule has 0 bridgehead atoms. The van der Waals surface area contributed by atoms with Crippen molar-refractivity contribution in [2.24, 2.45) is 15.9 Å². The predicted octanol–water partition coefficient (Wildman–Crippen LogP) is 5.67. The van der Waals surface area contributed by atoms with Crippen molar-refractivity contribution in [2.75, 3.05) is 0 Å². The Morgan fingerprint density at radius 1 is 0.774 bits per heavy atom. The van der Waals surface area contributed by atoms with E-state index < -0.39 is 10.0 Å². The molecule has 5 nitrogen and oxygen atoms in total. The van der Waals surface area contributed by atoms with Gasteiger partial charge in [0.1, 0.15) is 5.78 Å². The van der Waals surface area contributed by atoms with Crippen LogP contribution in [0.15, 0.2) is 34.3 Å². The third-order valence-electron chi connectivity index (χ3n) is 8.00. The molecule has 6 heteroatoms. The van der Waals surface area contributed by atoms with Crippen LogP contribution in [0.4, 0.5) is 0 Å². The molecular formula is C25H36N2O3S. The molecule has 0 saturated heterocycles. The fraction of sp³-hybridized carbons (Fsp3) is 0.680. The molecule has 0 aromatic heterocycles. The number of carbonyl (C=O) groups is 1. The number of hydrogen-bond donors (Lipinski definition) is 1. The average molecular weight is 445 g/mol. The molecule has 1 aromatic carbocycles. The van der Waals surface area contributed by atoms with Crippen molar-refractivity contribution in [1.29, 1.82) is 0 Å². The Morgan fingerprint density at radius 3 is 1.77 bits per heavy atom. The first-order chi connectivity index (χ1) is 14.8. The number of benzene rings is 1. The maximum absolute atomic E-state index is 12.7. The van der Waals surface area contributed by atoms with Crippen LogP contribution in [0.1, 0.15) is 95.5 Å². The molecule has 0 aliphatic heterocycles. The molecule has 0 radical (unpaired) electrons. The summed E-state index contributed by atoms with van der Waals surface area (Å²) in [4.78, 5) is 15.4. The molecule has 0 amide bonds. The Labute approximate surface area is 187 Å². The normalized spacial score (nSPS) is 30.1. The third-order valence-corrected chi connectivity index (χ3v) is 9.22. The van der Waals surface area contributed by atoms with Gasteiger partial charge >= 0.3 is 0 Å². The lowest BCUT2D eigenvalue weighted by Gasteiger charge is -2.40. The summed E-state index contributed by atoms with van der Waals surface area (Å²) in [6.07, 6.45) is 15.0. The summed E-state index contributed by atoms with van der Waals surface area (Å²) in [6.45, 7) is 1.93. The summed E-state index contributed by atoms with van der Waals surface area (Å²) >= 11 is 0. The number of ketones is 1. The van der Waals surface area contributed by atoms with Crippen LogP contribution in [-0.4, -0.2) is 19.9 Å². The molecule has 2 unspecified atom stereocenters. The lowest BCUT2D eigenvalue weighted by Crippen LogP contribution is -2.32. The lowest BCUT2D eigenvalue weighted by atomic mass is 9.63. The monoisotopic (exact) mass is 444 g/mol. The number of hydrogen-bond acceptors (Lipinski definition) is 4. The molecule has 3 aliphatic carbocycles. The second-order valence-electron chi connectivity index (χ2n) is 10.2. The van der Waals surface area contributed by atoms with E-state index in [1.165, 1.54) is 38.5 Å². The summed E-state index contributed by atoms with van der Waals surface area (Å²) in [5, 5.41) is 4.43. The van der Waals surface area contributed by atoms with Crippen LogP contribution in [0, 0.1) is 17.8 Å². The van der Waals surface area contributed by atoms with E-state index in [1.54, 1.807) is 24.3 Å². The maximum Gasteiger partial charge on any atom is 0.276 e. The zero-order valence-electron chi connectivity index (χ0n) is 18.8. The second kappa shape index (κ2) is 9.05. The van der Waals surface area contributed by atoms with E-state index in [-0.39, 0.29) is 15.7 Å². The summed E-state index contributed by atoms with van der Waals surface area (Å²) in [6, 6.07) is 6.82. The van der Waals surface area contributed by atoms with Crippen LogP contribution >= 0.6 is 0 Å². The zero-order chi connectivity index (χ0) is 22.0. The Morgan fingerprint density at radius 2 is 1.26 bits per heavy atom. The van der Waals surface area contributed by atoms with E-state index in [1.807, 2.05) is 6.92 Å². The molecule has 2 atom stereocenters. The van der Waals surface area contributed by atoms with E-state index in [0.29, 0.717) is 18.6 Å². The Bertz CT molecular complexity index is 904. The van der Waals surface area contributed by atoms with Crippen molar-refractivity contribution < 1.29 is 13.2 Å². The minimum atomic E-state index is -3.68. The zero-order valence-corrected chi connectivity index (χ0v) is 19.6. The van der Waals surface area contributed by atoms with Gasteiger partial charge in [-0.1, -0.05) is 69.1 Å². The molecule has 0 heterocycles. The molecule has 0 spiro atoms. The van der Waals surface area contributed by atoms with Gasteiger partial charge in [0.05, 0.1) is 4.90 Å². The molecule has 3 aliphatic rings. The van der Waals surface area contributed by atoms with Crippen molar-refractivity contribution in [3.63, 3.8) is 0 Å². The SMILES string of the molecule is Cc1ccc(S(=O)(=O)NN=C2CC34CCCCCCCCCCC3(CC(=O)C4)C2)cc1. The molecule has 1 aromatic rings. The second-order valence-corrected chi connectivity index (χ2v) is 11.9. The number of rotatable bonds is 3. The van der Waals surface area contributed by atoms with Crippen molar-refractivity contribution >= 4 is 21.5 Å². The van der Waals surface area contributed by atoms with Crippen LogP contribution < -0.4 is 4.83 Å². The van der Waals surface area contributed by atoms with E-state index >= 15 is 0 Å². The van der Waals surface area contributed by atoms with Crippen LogP contribution in [0.5, 0.6) is 0 Å². The quantitative estimate of drug-likeness (QED) is 0.610. The number of carbonyl (C=O) groups excluding carboxylic acids is 1. The fourth-order valence-corrected chi connectivity index (χ4v) is 7.23. The number of hydrazone groups is 1. The van der Waals surface area contributed by atoms with Gasteiger partial charge in [-0.3, -0.25) is 4.79 Å². The fourth-order valence-electron chi connectivity index (χ4n) is 6.38. The Kier molecular flexibility index (Phi) is 6.57. The van der Waals surface area contributed by atoms with Gasteiger partial charge in [0, 0.05) is 18.6 Å². The number of sulfonamides is 1. The number of nitrogens with zero attached hydrogens (tertiary/aromatic N) is 1. The van der Waals surface area contributed by atoms with Gasteiger partial charge in [0.25, 0.3) is 10.0 Å². The Balaban J connectivity index is 1.56. The molecule has 1 N–H and O–H groups in total. The number of nitrogens with one attached hydrogen (secondary N) is 1. The van der Waals surface area contributed by atoms with Gasteiger partial charge in [0.15, 0.2) is 0 Å². The number of aryl methyl sites for hydroxylation is 1. The minimum Gasteiger partial charge on any atom is -0.300 e. The van der Waals surface area contributed by atoms with Crippen LogP contribution in [-0.2, 0) is 14.8 Å². The van der Waals surface area contributed by atoms with E-state index in [2.05, 4.69) is 9.93 Å². The standard InChI is InChI=1S/C25H36N2O3S/c1-20-10-12-23(13-11-20)31(29,30)27-26-21-16-24-14-8-6-4-2-3-5-7-9-15-25(24,17-21)19-22(28)18-24/h10-13,27H,2-9,14-19H2,1H3. The molecular weight excluding hydrogens is 408 g/mol. The van der Waals surface area contributed by atoms with Crippen molar-refractivity contribution in [3.8, 4) is 0 Å². The van der Waals surface area contributed by atoms with Gasteiger partial charge in [-0.15, -0.1) is 0 Å². The first-order valence-electron chi connectivity index (χ1n) is 12.0. The van der Waals surface area contributed by atoms with Crippen molar-refractivity contribution in [2.45, 2.75) is 102 Å². The van der Waals surface area contributed by atoms with E-state index in [4.69, 9.17) is 0 Å². The molecule has 3 saturated carbocycles. The lowest BCUT2D eigenvalue weighted by molar-refractivity contribution is -0.118. The predicted molar refractivity (Wildman–Crippen MR) is 123 cm³/mol. The first kappa shape index (κ1) is 22.5. The summed E-state index contributed by atoms with van der Waals surface area (Å²) in [5.74, 6) is 0.397. The summed E-state index contributed by atoms with van der Waals surface area (Å²) in [5.41, 5.74) is 1.92. The highest BCUT2D eigenvalue weighted by molar-refractivity contribution is 7.89. The smallest absolute Gasteiger partial charge is 0.276 e. The van der Waals surface area contributed by atoms with E-state index in [9.17, 15) is 13.2 Å². The highest BCUT2D eigenvalue weighted by Gasteiger charge is 2.61. The van der Waals surface area contributed by atoms with Gasteiger partial charge in [0.2, 0.25) is 0 Å². The summed E-state index contributed by atoms with van der Waals surface area (Å²) < 4.78 is 25.4.